The van der Waals surface area contributed by atoms with Gasteiger partial charge in [0, 0.05) is 56.2 Å². The zero-order chi connectivity index (χ0) is 35.0. The molecular weight excluding hydrogens is 614 g/mol. The number of benzene rings is 3. The summed E-state index contributed by atoms with van der Waals surface area (Å²) in [6, 6.07) is 18.9. The summed E-state index contributed by atoms with van der Waals surface area (Å²) in [6.07, 6.45) is -1.40. The van der Waals surface area contributed by atoms with Gasteiger partial charge in [-0.05, 0) is 48.4 Å². The van der Waals surface area contributed by atoms with Crippen molar-refractivity contribution in [2.24, 2.45) is 29.2 Å². The van der Waals surface area contributed by atoms with E-state index in [0.29, 0.717) is 47.6 Å². The quantitative estimate of drug-likeness (QED) is 0.122. The van der Waals surface area contributed by atoms with E-state index in [0.717, 1.165) is 0 Å². The molecule has 48 heavy (non-hydrogen) atoms. The number of ether oxygens (including phenoxy) is 1. The molecule has 4 rings (SSSR count). The molecule has 3 unspecified atom stereocenters. The number of rotatable bonds is 17. The largest absolute Gasteiger partial charge is 0.485 e. The maximum absolute atomic E-state index is 14.0. The molecule has 6 atom stereocenters. The van der Waals surface area contributed by atoms with Crippen molar-refractivity contribution < 1.29 is 29.2 Å². The van der Waals surface area contributed by atoms with Gasteiger partial charge in [-0.3, -0.25) is 19.7 Å². The molecule has 0 bridgehead atoms. The lowest BCUT2D eigenvalue weighted by Crippen LogP contribution is -2.43. The second-order valence-electron chi connectivity index (χ2n) is 12.7. The first-order valence-corrected chi connectivity index (χ1v) is 16.1. The molecule has 1 aliphatic heterocycles. The van der Waals surface area contributed by atoms with Gasteiger partial charge < -0.3 is 31.5 Å². The number of nitro groups is 1. The van der Waals surface area contributed by atoms with Crippen LogP contribution in [0.2, 0.25) is 0 Å². The molecule has 256 valence electrons. The van der Waals surface area contributed by atoms with Crippen LogP contribution < -0.4 is 21.5 Å². The van der Waals surface area contributed by atoms with Crippen molar-refractivity contribution >= 4 is 23.3 Å². The summed E-state index contributed by atoms with van der Waals surface area (Å²) in [6.45, 7) is 6.25. The highest BCUT2D eigenvalue weighted by molar-refractivity contribution is 5.85. The molecule has 12 nitrogen and oxygen atoms in total. The maximum atomic E-state index is 14.0. The van der Waals surface area contributed by atoms with E-state index in [-0.39, 0.29) is 36.3 Å². The lowest BCUT2D eigenvalue weighted by Gasteiger charge is -2.32. The Morgan fingerprint density at radius 3 is 2.06 bits per heavy atom. The Labute approximate surface area is 280 Å². The van der Waals surface area contributed by atoms with Crippen LogP contribution in [0.25, 0.3) is 0 Å². The number of hydrogen-bond donors (Lipinski definition) is 4. The Bertz CT molecular complexity index is 1560. The van der Waals surface area contributed by atoms with Crippen LogP contribution in [0.15, 0.2) is 72.8 Å². The van der Waals surface area contributed by atoms with Crippen molar-refractivity contribution in [3.8, 4) is 5.75 Å². The Morgan fingerprint density at radius 1 is 0.979 bits per heavy atom. The van der Waals surface area contributed by atoms with Crippen LogP contribution in [0, 0.1) is 41.7 Å². The van der Waals surface area contributed by atoms with Gasteiger partial charge in [0.25, 0.3) is 5.69 Å². The summed E-state index contributed by atoms with van der Waals surface area (Å²) in [7, 11) is 0. The second-order valence-corrected chi connectivity index (χ2v) is 12.7. The molecule has 2 amide bonds. The van der Waals surface area contributed by atoms with Crippen molar-refractivity contribution in [2.45, 2.75) is 51.8 Å². The summed E-state index contributed by atoms with van der Waals surface area (Å²) >= 11 is 0. The molecule has 1 saturated heterocycles. The average molecular weight is 660 g/mol. The van der Waals surface area contributed by atoms with E-state index in [2.05, 4.69) is 5.32 Å². The summed E-state index contributed by atoms with van der Waals surface area (Å²) in [4.78, 5) is 52.5. The van der Waals surface area contributed by atoms with Crippen LogP contribution in [-0.2, 0) is 9.59 Å². The van der Waals surface area contributed by atoms with E-state index in [1.54, 1.807) is 43.0 Å². The number of carbonyl (C=O) groups excluding carboxylic acids is 3. The maximum Gasteiger partial charge on any atom is 0.317 e. The molecule has 0 spiro atoms. The van der Waals surface area contributed by atoms with Crippen LogP contribution in [-0.4, -0.2) is 64.9 Å². The first-order chi connectivity index (χ1) is 22.9. The smallest absolute Gasteiger partial charge is 0.317 e. The number of Topliss-reactive ketones (excluding diaryl/α,β-unsaturated/α-hetero) is 2. The second kappa shape index (κ2) is 16.4. The van der Waals surface area contributed by atoms with Gasteiger partial charge in [0.15, 0.2) is 5.78 Å². The number of amides is 2. The summed E-state index contributed by atoms with van der Waals surface area (Å²) in [5.41, 5.74) is 15.6. The zero-order valence-corrected chi connectivity index (χ0v) is 27.6. The predicted octanol–water partition coefficient (Wildman–Crippen LogP) is 4.16. The van der Waals surface area contributed by atoms with Crippen molar-refractivity contribution in [3.05, 3.63) is 105 Å². The van der Waals surface area contributed by atoms with Gasteiger partial charge >= 0.3 is 6.03 Å². The normalized spacial score (nSPS) is 16.7. The number of ketones is 2. The molecular formula is C36H45N5O7. The molecule has 3 aromatic carbocycles. The van der Waals surface area contributed by atoms with E-state index in [9.17, 15) is 29.6 Å². The third-order valence-corrected chi connectivity index (χ3v) is 8.93. The lowest BCUT2D eigenvalue weighted by atomic mass is 9.77. The Morgan fingerprint density at radius 2 is 1.54 bits per heavy atom. The molecule has 1 heterocycles. The summed E-state index contributed by atoms with van der Waals surface area (Å²) < 4.78 is 5.91. The molecule has 0 aliphatic carbocycles. The Hall–Kier alpha value is -4.65. The van der Waals surface area contributed by atoms with Gasteiger partial charge in [0.1, 0.15) is 18.1 Å². The Kier molecular flexibility index (Phi) is 12.4. The fourth-order valence-electron chi connectivity index (χ4n) is 6.45. The molecule has 1 fully saturated rings. The molecule has 1 aliphatic rings. The predicted molar refractivity (Wildman–Crippen MR) is 181 cm³/mol. The number of nitrogens with one attached hydrogen (secondary N) is 1. The third kappa shape index (κ3) is 9.03. The topological polar surface area (TPSA) is 191 Å². The number of nitrogens with two attached hydrogens (primary N) is 2. The van der Waals surface area contributed by atoms with Gasteiger partial charge in [0.2, 0.25) is 0 Å². The number of aryl methyl sites for hydroxylation is 2. The highest BCUT2D eigenvalue weighted by Gasteiger charge is 2.39. The number of nitrogens with zero attached hydrogens (tertiary/aromatic N) is 2. The molecule has 0 aromatic heterocycles. The number of aliphatic hydroxyl groups is 1. The minimum Gasteiger partial charge on any atom is -0.485 e. The van der Waals surface area contributed by atoms with Crippen molar-refractivity contribution in [2.75, 3.05) is 26.2 Å². The van der Waals surface area contributed by atoms with Crippen molar-refractivity contribution in [1.82, 2.24) is 10.2 Å². The van der Waals surface area contributed by atoms with Crippen LogP contribution >= 0.6 is 0 Å². The fourth-order valence-corrected chi connectivity index (χ4v) is 6.45. The SMILES string of the molecule is Cc1cc([N+](=O)[O-])cc(C)c1OCC(=O)[C@@H](C(N)c1ccccc1)[C@@H](O)C[C@H](C(=O)CC(C)CN1CCNC1=O)C(N)c1ccccc1. The summed E-state index contributed by atoms with van der Waals surface area (Å²) in [5.74, 6) is -2.57. The van der Waals surface area contributed by atoms with Gasteiger partial charge in [-0.2, -0.15) is 0 Å². The number of carbonyl (C=O) groups is 3. The molecule has 0 radical (unpaired) electrons. The number of urea groups is 1. The summed E-state index contributed by atoms with van der Waals surface area (Å²) in [5, 5.41) is 25.9. The van der Waals surface area contributed by atoms with E-state index in [1.807, 2.05) is 43.3 Å². The van der Waals surface area contributed by atoms with Crippen LogP contribution in [0.3, 0.4) is 0 Å². The fraction of sp³-hybridized carbons (Fsp3) is 0.417. The van der Waals surface area contributed by atoms with Gasteiger partial charge in [0.05, 0.1) is 16.9 Å². The van der Waals surface area contributed by atoms with Crippen LogP contribution in [0.4, 0.5) is 10.5 Å². The average Bonchev–Trinajstić information content (AvgIpc) is 3.46. The lowest BCUT2D eigenvalue weighted by molar-refractivity contribution is -0.385. The first kappa shape index (κ1) is 36.2. The number of nitro benzene ring substituents is 1. The molecule has 6 N–H and O–H groups in total. The Balaban J connectivity index is 1.59. The van der Waals surface area contributed by atoms with E-state index < -0.39 is 47.3 Å². The number of hydrogen-bond acceptors (Lipinski definition) is 9. The highest BCUT2D eigenvalue weighted by atomic mass is 16.6. The van der Waals surface area contributed by atoms with E-state index in [4.69, 9.17) is 16.2 Å². The van der Waals surface area contributed by atoms with Crippen molar-refractivity contribution in [1.29, 1.82) is 0 Å². The first-order valence-electron chi connectivity index (χ1n) is 16.1. The van der Waals surface area contributed by atoms with Gasteiger partial charge in [-0.1, -0.05) is 67.6 Å². The minimum absolute atomic E-state index is 0.0912. The van der Waals surface area contributed by atoms with E-state index in [1.165, 1.54) is 12.1 Å². The minimum atomic E-state index is -1.38. The van der Waals surface area contributed by atoms with Gasteiger partial charge in [-0.25, -0.2) is 4.79 Å². The molecule has 3 aromatic rings. The zero-order valence-electron chi connectivity index (χ0n) is 27.6. The van der Waals surface area contributed by atoms with Crippen LogP contribution in [0.5, 0.6) is 5.75 Å². The monoisotopic (exact) mass is 659 g/mol. The van der Waals surface area contributed by atoms with Crippen LogP contribution in [0.1, 0.15) is 54.1 Å². The molecule has 0 saturated carbocycles. The standard InChI is InChI=1S/C36H45N5O7/c1-22(20-40-15-14-39-36(40)45)16-29(42)28(33(37)25-10-6-4-7-11-25)19-30(43)32(34(38)26-12-8-5-9-13-26)31(44)21-48-35-23(2)17-27(41(46)47)18-24(35)3/h4-13,17-18,22,28,30,32-34,43H,14-16,19-21,37-38H2,1-3H3,(H,39,45)/t22?,28-,30+,32+,33?,34?/m1/s1. The highest BCUT2D eigenvalue weighted by Crippen LogP contribution is 2.34. The van der Waals surface area contributed by atoms with Gasteiger partial charge in [-0.15, -0.1) is 0 Å². The number of non-ortho nitro benzene ring substituents is 1. The number of aliphatic hydroxyl groups excluding tert-OH is 1. The third-order valence-electron chi connectivity index (χ3n) is 8.93. The van der Waals surface area contributed by atoms with E-state index >= 15 is 0 Å². The molecule has 12 heteroatoms. The van der Waals surface area contributed by atoms with Crippen molar-refractivity contribution in [3.63, 3.8) is 0 Å².